The van der Waals surface area contributed by atoms with Gasteiger partial charge in [0.1, 0.15) is 18.5 Å². The first-order valence-corrected chi connectivity index (χ1v) is 7.42. The van der Waals surface area contributed by atoms with Gasteiger partial charge in [-0.1, -0.05) is 34.8 Å². The maximum atomic E-state index is 6.10. The van der Waals surface area contributed by atoms with Gasteiger partial charge in [0.05, 0.1) is 11.6 Å². The molecule has 1 saturated heterocycles. The van der Waals surface area contributed by atoms with Crippen molar-refractivity contribution in [2.45, 2.75) is 6.10 Å². The van der Waals surface area contributed by atoms with E-state index in [1.54, 1.807) is 36.4 Å². The molecule has 1 unspecified atom stereocenters. The van der Waals surface area contributed by atoms with Gasteiger partial charge < -0.3 is 14.2 Å². The Morgan fingerprint density at radius 1 is 0.952 bits per heavy atom. The normalized spacial score (nSPS) is 16.6. The van der Waals surface area contributed by atoms with Crippen molar-refractivity contribution >= 4 is 34.8 Å². The Labute approximate surface area is 137 Å². The Balaban J connectivity index is 1.82. The highest BCUT2D eigenvalue weighted by atomic mass is 35.5. The molecule has 2 aromatic rings. The Kier molecular flexibility index (Phi) is 4.45. The Bertz CT molecular complexity index is 657. The second-order valence-electron chi connectivity index (χ2n) is 4.53. The molecule has 0 bridgehead atoms. The number of epoxide rings is 1. The van der Waals surface area contributed by atoms with Crippen LogP contribution in [0.5, 0.6) is 17.2 Å². The zero-order chi connectivity index (χ0) is 14.8. The lowest BCUT2D eigenvalue weighted by Gasteiger charge is -2.13. The molecule has 0 N–H and O–H groups in total. The van der Waals surface area contributed by atoms with Crippen LogP contribution in [-0.4, -0.2) is 19.3 Å². The lowest BCUT2D eigenvalue weighted by Crippen LogP contribution is -2.05. The SMILES string of the molecule is Clc1ccc(Oc2ccc(Cl)cc2OCC2CO2)c(Cl)c1. The van der Waals surface area contributed by atoms with E-state index in [2.05, 4.69) is 0 Å². The summed E-state index contributed by atoms with van der Waals surface area (Å²) < 4.78 is 16.6. The molecule has 0 aliphatic carbocycles. The maximum Gasteiger partial charge on any atom is 0.169 e. The van der Waals surface area contributed by atoms with Gasteiger partial charge in [0, 0.05) is 16.1 Å². The van der Waals surface area contributed by atoms with Crippen LogP contribution in [0.1, 0.15) is 0 Å². The summed E-state index contributed by atoms with van der Waals surface area (Å²) >= 11 is 18.0. The molecular formula is C15H11Cl3O3. The van der Waals surface area contributed by atoms with Gasteiger partial charge in [0.15, 0.2) is 11.5 Å². The highest BCUT2D eigenvalue weighted by molar-refractivity contribution is 6.35. The van der Waals surface area contributed by atoms with Crippen molar-refractivity contribution in [3.63, 3.8) is 0 Å². The van der Waals surface area contributed by atoms with Crippen molar-refractivity contribution < 1.29 is 14.2 Å². The van der Waals surface area contributed by atoms with Crippen molar-refractivity contribution in [3.8, 4) is 17.2 Å². The highest BCUT2D eigenvalue weighted by Crippen LogP contribution is 2.37. The first-order valence-electron chi connectivity index (χ1n) is 6.28. The van der Waals surface area contributed by atoms with E-state index in [9.17, 15) is 0 Å². The first-order chi connectivity index (χ1) is 10.1. The van der Waals surface area contributed by atoms with Crippen LogP contribution in [0, 0.1) is 0 Å². The average molecular weight is 346 g/mol. The summed E-state index contributed by atoms with van der Waals surface area (Å²) in [6, 6.07) is 10.2. The van der Waals surface area contributed by atoms with Gasteiger partial charge in [-0.15, -0.1) is 0 Å². The van der Waals surface area contributed by atoms with Crippen molar-refractivity contribution in [1.82, 2.24) is 0 Å². The Hall–Kier alpha value is -1.13. The van der Waals surface area contributed by atoms with E-state index >= 15 is 0 Å². The second-order valence-corrected chi connectivity index (χ2v) is 5.81. The summed E-state index contributed by atoms with van der Waals surface area (Å²) in [6.07, 6.45) is 0.149. The topological polar surface area (TPSA) is 31.0 Å². The minimum absolute atomic E-state index is 0.149. The van der Waals surface area contributed by atoms with E-state index < -0.39 is 0 Å². The molecule has 1 atom stereocenters. The summed E-state index contributed by atoms with van der Waals surface area (Å²) in [4.78, 5) is 0. The fourth-order valence-electron chi connectivity index (χ4n) is 1.70. The second kappa shape index (κ2) is 6.32. The average Bonchev–Trinajstić information content (AvgIpc) is 3.26. The van der Waals surface area contributed by atoms with Crippen LogP contribution in [-0.2, 0) is 4.74 Å². The van der Waals surface area contributed by atoms with Crippen LogP contribution in [0.2, 0.25) is 15.1 Å². The van der Waals surface area contributed by atoms with Gasteiger partial charge >= 0.3 is 0 Å². The minimum Gasteiger partial charge on any atom is -0.487 e. The van der Waals surface area contributed by atoms with Gasteiger partial charge in [0.2, 0.25) is 0 Å². The lowest BCUT2D eigenvalue weighted by atomic mass is 10.3. The zero-order valence-corrected chi connectivity index (χ0v) is 13.1. The van der Waals surface area contributed by atoms with Crippen molar-refractivity contribution in [2.24, 2.45) is 0 Å². The predicted octanol–water partition coefficient (Wildman–Crippen LogP) is 5.22. The van der Waals surface area contributed by atoms with Crippen LogP contribution < -0.4 is 9.47 Å². The van der Waals surface area contributed by atoms with Crippen LogP contribution >= 0.6 is 34.8 Å². The number of benzene rings is 2. The summed E-state index contributed by atoms with van der Waals surface area (Å²) in [7, 11) is 0. The molecule has 1 aliphatic rings. The molecule has 3 rings (SSSR count). The van der Waals surface area contributed by atoms with Gasteiger partial charge in [-0.25, -0.2) is 0 Å². The summed E-state index contributed by atoms with van der Waals surface area (Å²) in [5.74, 6) is 1.57. The third-order valence-electron chi connectivity index (χ3n) is 2.85. The van der Waals surface area contributed by atoms with Crippen LogP contribution in [0.25, 0.3) is 0 Å². The fraction of sp³-hybridized carbons (Fsp3) is 0.200. The number of halogens is 3. The third-order valence-corrected chi connectivity index (χ3v) is 3.61. The zero-order valence-electron chi connectivity index (χ0n) is 10.8. The molecule has 6 heteroatoms. The Morgan fingerprint density at radius 3 is 2.29 bits per heavy atom. The molecule has 0 radical (unpaired) electrons. The monoisotopic (exact) mass is 344 g/mol. The number of rotatable bonds is 5. The predicted molar refractivity (Wildman–Crippen MR) is 83.2 cm³/mol. The molecule has 1 aliphatic heterocycles. The summed E-state index contributed by atoms with van der Waals surface area (Å²) in [6.45, 7) is 1.19. The molecule has 110 valence electrons. The van der Waals surface area contributed by atoms with Gasteiger partial charge in [-0.3, -0.25) is 0 Å². The Morgan fingerprint density at radius 2 is 1.62 bits per heavy atom. The summed E-state index contributed by atoms with van der Waals surface area (Å²) in [5, 5.41) is 1.54. The van der Waals surface area contributed by atoms with E-state index in [0.717, 1.165) is 6.61 Å². The largest absolute Gasteiger partial charge is 0.487 e. The van der Waals surface area contributed by atoms with E-state index in [-0.39, 0.29) is 6.10 Å². The van der Waals surface area contributed by atoms with Gasteiger partial charge in [-0.05, 0) is 30.3 Å². The van der Waals surface area contributed by atoms with Crippen LogP contribution in [0.4, 0.5) is 0 Å². The quantitative estimate of drug-likeness (QED) is 0.696. The minimum atomic E-state index is 0.149. The standard InChI is InChI=1S/C15H11Cl3O3/c16-9-1-3-13(12(18)5-9)21-14-4-2-10(17)6-15(14)20-8-11-7-19-11/h1-6,11H,7-8H2. The lowest BCUT2D eigenvalue weighted by molar-refractivity contribution is 0.255. The fourth-order valence-corrected chi connectivity index (χ4v) is 2.31. The molecule has 0 amide bonds. The van der Waals surface area contributed by atoms with E-state index in [1.807, 2.05) is 0 Å². The van der Waals surface area contributed by atoms with E-state index in [1.165, 1.54) is 0 Å². The summed E-state index contributed by atoms with van der Waals surface area (Å²) in [5.41, 5.74) is 0. The molecule has 0 spiro atoms. The molecule has 1 fully saturated rings. The van der Waals surface area contributed by atoms with Crippen molar-refractivity contribution in [1.29, 1.82) is 0 Å². The van der Waals surface area contributed by atoms with Crippen LogP contribution in [0.3, 0.4) is 0 Å². The highest BCUT2D eigenvalue weighted by Gasteiger charge is 2.24. The molecular weight excluding hydrogens is 335 g/mol. The molecule has 3 nitrogen and oxygen atoms in total. The first kappa shape index (κ1) is 14.8. The number of hydrogen-bond acceptors (Lipinski definition) is 3. The van der Waals surface area contributed by atoms with Gasteiger partial charge in [0.25, 0.3) is 0 Å². The van der Waals surface area contributed by atoms with Gasteiger partial charge in [-0.2, -0.15) is 0 Å². The number of hydrogen-bond donors (Lipinski definition) is 0. The smallest absolute Gasteiger partial charge is 0.169 e. The number of ether oxygens (including phenoxy) is 3. The molecule has 0 saturated carbocycles. The third kappa shape index (κ3) is 3.95. The van der Waals surface area contributed by atoms with E-state index in [0.29, 0.717) is 38.9 Å². The maximum absolute atomic E-state index is 6.10. The molecule has 2 aromatic carbocycles. The van der Waals surface area contributed by atoms with E-state index in [4.69, 9.17) is 49.0 Å². The van der Waals surface area contributed by atoms with Crippen molar-refractivity contribution in [3.05, 3.63) is 51.5 Å². The molecule has 0 aromatic heterocycles. The molecule has 21 heavy (non-hydrogen) atoms. The van der Waals surface area contributed by atoms with Crippen LogP contribution in [0.15, 0.2) is 36.4 Å². The molecule has 1 heterocycles. The van der Waals surface area contributed by atoms with Crippen molar-refractivity contribution in [2.75, 3.05) is 13.2 Å².